The summed E-state index contributed by atoms with van der Waals surface area (Å²) >= 11 is 0. The molecule has 2 aromatic rings. The van der Waals surface area contributed by atoms with Crippen molar-refractivity contribution in [1.29, 1.82) is 0 Å². The Morgan fingerprint density at radius 2 is 2.04 bits per heavy atom. The molecule has 1 saturated carbocycles. The quantitative estimate of drug-likeness (QED) is 0.850. The van der Waals surface area contributed by atoms with E-state index in [-0.39, 0.29) is 18.4 Å². The summed E-state index contributed by atoms with van der Waals surface area (Å²) in [5, 5.41) is 17.1. The standard InChI is InChI=1S/C18H23N3O3/c1-13(19-16(22)12-18(23)9-5-6-10-18)17-20-15(21-24-17)11-14-7-3-2-4-8-14/h2-4,7-8,13,23H,5-6,9-12H2,1H3,(H,19,22). The minimum Gasteiger partial charge on any atom is -0.389 e. The first-order valence-electron chi connectivity index (χ1n) is 8.42. The molecule has 3 rings (SSSR count). The number of nitrogens with zero attached hydrogens (tertiary/aromatic N) is 2. The van der Waals surface area contributed by atoms with E-state index in [9.17, 15) is 9.90 Å². The minimum absolute atomic E-state index is 0.127. The largest absolute Gasteiger partial charge is 0.389 e. The van der Waals surface area contributed by atoms with Crippen molar-refractivity contribution >= 4 is 5.91 Å². The van der Waals surface area contributed by atoms with Gasteiger partial charge in [0, 0.05) is 6.42 Å². The molecule has 2 N–H and O–H groups in total. The summed E-state index contributed by atoms with van der Waals surface area (Å²) in [5.74, 6) is 0.786. The van der Waals surface area contributed by atoms with Crippen molar-refractivity contribution in [2.24, 2.45) is 0 Å². The van der Waals surface area contributed by atoms with Crippen LogP contribution in [0.25, 0.3) is 0 Å². The molecule has 1 amide bonds. The Labute approximate surface area is 141 Å². The number of rotatable bonds is 6. The van der Waals surface area contributed by atoms with Gasteiger partial charge in [-0.25, -0.2) is 0 Å². The number of hydrogen-bond donors (Lipinski definition) is 2. The predicted octanol–water partition coefficient (Wildman–Crippen LogP) is 2.53. The number of hydrogen-bond acceptors (Lipinski definition) is 5. The zero-order chi connectivity index (χ0) is 17.0. The van der Waals surface area contributed by atoms with Crippen LogP contribution in [-0.4, -0.2) is 26.8 Å². The lowest BCUT2D eigenvalue weighted by molar-refractivity contribution is -0.126. The summed E-state index contributed by atoms with van der Waals surface area (Å²) in [7, 11) is 0. The van der Waals surface area contributed by atoms with Crippen LogP contribution in [0.15, 0.2) is 34.9 Å². The molecule has 1 aromatic carbocycles. The maximum absolute atomic E-state index is 12.1. The monoisotopic (exact) mass is 329 g/mol. The second-order valence-corrected chi connectivity index (χ2v) is 6.61. The highest BCUT2D eigenvalue weighted by molar-refractivity contribution is 5.77. The maximum Gasteiger partial charge on any atom is 0.248 e. The molecule has 0 aliphatic heterocycles. The number of aromatic nitrogens is 2. The second kappa shape index (κ2) is 7.13. The Hall–Kier alpha value is -2.21. The summed E-state index contributed by atoms with van der Waals surface area (Å²) in [6.45, 7) is 1.80. The zero-order valence-corrected chi connectivity index (χ0v) is 13.9. The molecule has 0 saturated heterocycles. The highest BCUT2D eigenvalue weighted by Crippen LogP contribution is 2.32. The summed E-state index contributed by atoms with van der Waals surface area (Å²) in [5.41, 5.74) is 0.252. The highest BCUT2D eigenvalue weighted by Gasteiger charge is 2.34. The average Bonchev–Trinajstić information content (AvgIpc) is 3.17. The molecule has 0 radical (unpaired) electrons. The first-order chi connectivity index (χ1) is 11.5. The van der Waals surface area contributed by atoms with E-state index in [1.807, 2.05) is 30.3 Å². The molecule has 1 aliphatic carbocycles. The predicted molar refractivity (Wildman–Crippen MR) is 88.1 cm³/mol. The van der Waals surface area contributed by atoms with Gasteiger partial charge in [0.15, 0.2) is 5.82 Å². The number of benzene rings is 1. The van der Waals surface area contributed by atoms with Gasteiger partial charge in [-0.2, -0.15) is 4.98 Å². The second-order valence-electron chi connectivity index (χ2n) is 6.61. The third kappa shape index (κ3) is 4.20. The third-order valence-corrected chi connectivity index (χ3v) is 4.46. The molecule has 1 atom stereocenters. The fourth-order valence-corrected chi connectivity index (χ4v) is 3.16. The Morgan fingerprint density at radius 3 is 2.75 bits per heavy atom. The lowest BCUT2D eigenvalue weighted by Crippen LogP contribution is -2.35. The summed E-state index contributed by atoms with van der Waals surface area (Å²) in [6.07, 6.45) is 4.05. The van der Waals surface area contributed by atoms with Crippen LogP contribution in [0.3, 0.4) is 0 Å². The normalized spacial score (nSPS) is 17.6. The van der Waals surface area contributed by atoms with Crippen LogP contribution in [0, 0.1) is 0 Å². The first kappa shape index (κ1) is 16.6. The van der Waals surface area contributed by atoms with E-state index in [0.29, 0.717) is 31.0 Å². The van der Waals surface area contributed by atoms with Gasteiger partial charge < -0.3 is 14.9 Å². The van der Waals surface area contributed by atoms with Crippen molar-refractivity contribution in [3.8, 4) is 0 Å². The molecule has 0 spiro atoms. The topological polar surface area (TPSA) is 88.2 Å². The van der Waals surface area contributed by atoms with Gasteiger partial charge in [0.2, 0.25) is 11.8 Å². The SMILES string of the molecule is CC(NC(=O)CC1(O)CCCC1)c1nc(Cc2ccccc2)no1. The highest BCUT2D eigenvalue weighted by atomic mass is 16.5. The van der Waals surface area contributed by atoms with Gasteiger partial charge in [-0.1, -0.05) is 48.3 Å². The molecular formula is C18H23N3O3. The van der Waals surface area contributed by atoms with Crippen LogP contribution in [0.5, 0.6) is 0 Å². The molecular weight excluding hydrogens is 306 g/mol. The smallest absolute Gasteiger partial charge is 0.248 e. The third-order valence-electron chi connectivity index (χ3n) is 4.46. The number of aliphatic hydroxyl groups is 1. The van der Waals surface area contributed by atoms with Crippen LogP contribution in [0.4, 0.5) is 0 Å². The van der Waals surface area contributed by atoms with Gasteiger partial charge in [0.1, 0.15) is 6.04 Å². The Kier molecular flexibility index (Phi) is 4.94. The number of nitrogens with one attached hydrogen (secondary N) is 1. The average molecular weight is 329 g/mol. The van der Waals surface area contributed by atoms with E-state index in [1.165, 1.54) is 0 Å². The van der Waals surface area contributed by atoms with Crippen molar-refractivity contribution in [1.82, 2.24) is 15.5 Å². The van der Waals surface area contributed by atoms with Crippen molar-refractivity contribution in [3.05, 3.63) is 47.6 Å². The number of amides is 1. The van der Waals surface area contributed by atoms with Gasteiger partial charge >= 0.3 is 0 Å². The summed E-state index contributed by atoms with van der Waals surface area (Å²) in [6, 6.07) is 9.52. The Morgan fingerprint density at radius 1 is 1.33 bits per heavy atom. The van der Waals surface area contributed by atoms with Crippen LogP contribution < -0.4 is 5.32 Å². The molecule has 1 fully saturated rings. The summed E-state index contributed by atoms with van der Waals surface area (Å²) < 4.78 is 5.26. The van der Waals surface area contributed by atoms with E-state index >= 15 is 0 Å². The molecule has 6 nitrogen and oxygen atoms in total. The minimum atomic E-state index is -0.850. The number of carbonyl (C=O) groups excluding carboxylic acids is 1. The van der Waals surface area contributed by atoms with Crippen molar-refractivity contribution < 1.29 is 14.4 Å². The van der Waals surface area contributed by atoms with Crippen LogP contribution in [-0.2, 0) is 11.2 Å². The first-order valence-corrected chi connectivity index (χ1v) is 8.42. The van der Waals surface area contributed by atoms with Gasteiger partial charge in [0.25, 0.3) is 0 Å². The lowest BCUT2D eigenvalue weighted by Gasteiger charge is -2.21. The fourth-order valence-electron chi connectivity index (χ4n) is 3.16. The maximum atomic E-state index is 12.1. The summed E-state index contributed by atoms with van der Waals surface area (Å²) in [4.78, 5) is 16.5. The fraction of sp³-hybridized carbons (Fsp3) is 0.500. The molecule has 128 valence electrons. The molecule has 24 heavy (non-hydrogen) atoms. The lowest BCUT2D eigenvalue weighted by atomic mass is 9.97. The molecule has 1 aliphatic rings. The molecule has 1 aromatic heterocycles. The molecule has 0 bridgehead atoms. The number of carbonyl (C=O) groups is 1. The van der Waals surface area contributed by atoms with Crippen molar-refractivity contribution in [3.63, 3.8) is 0 Å². The van der Waals surface area contributed by atoms with Crippen LogP contribution in [0.2, 0.25) is 0 Å². The van der Waals surface area contributed by atoms with Gasteiger partial charge in [-0.15, -0.1) is 0 Å². The Balaban J connectivity index is 1.55. The van der Waals surface area contributed by atoms with Crippen LogP contribution in [0.1, 0.15) is 62.3 Å². The van der Waals surface area contributed by atoms with Gasteiger partial charge in [0.05, 0.1) is 12.0 Å². The van der Waals surface area contributed by atoms with Crippen LogP contribution >= 0.6 is 0 Å². The van der Waals surface area contributed by atoms with Crippen molar-refractivity contribution in [2.75, 3.05) is 0 Å². The van der Waals surface area contributed by atoms with E-state index in [4.69, 9.17) is 4.52 Å². The van der Waals surface area contributed by atoms with E-state index in [1.54, 1.807) is 6.92 Å². The van der Waals surface area contributed by atoms with Gasteiger partial charge in [-0.05, 0) is 25.3 Å². The van der Waals surface area contributed by atoms with Gasteiger partial charge in [-0.3, -0.25) is 4.79 Å². The van der Waals surface area contributed by atoms with E-state index in [2.05, 4.69) is 15.5 Å². The van der Waals surface area contributed by atoms with Crippen molar-refractivity contribution in [2.45, 2.75) is 57.1 Å². The van der Waals surface area contributed by atoms with E-state index in [0.717, 1.165) is 18.4 Å². The van der Waals surface area contributed by atoms with E-state index < -0.39 is 5.60 Å². The molecule has 1 heterocycles. The molecule has 1 unspecified atom stereocenters. The zero-order valence-electron chi connectivity index (χ0n) is 13.9. The Bertz CT molecular complexity index is 678. The molecule has 6 heteroatoms.